The summed E-state index contributed by atoms with van der Waals surface area (Å²) in [5.74, 6) is -0.133. The predicted octanol–water partition coefficient (Wildman–Crippen LogP) is 5.38. The summed E-state index contributed by atoms with van der Waals surface area (Å²) in [7, 11) is 0. The molecular weight excluding hydrogens is 405 g/mol. The average molecular weight is 425 g/mol. The number of halogens is 4. The SMILES string of the molecule is CC1(C(F)(F)F)C=CC(c2ccc(Cl)c(-c3c(O)n4n(c3=O)CCCC4)c2)=CC1. The summed E-state index contributed by atoms with van der Waals surface area (Å²) >= 11 is 6.33. The Morgan fingerprint density at radius 2 is 1.86 bits per heavy atom. The third-order valence-electron chi connectivity index (χ3n) is 5.79. The zero-order valence-corrected chi connectivity index (χ0v) is 16.5. The lowest BCUT2D eigenvalue weighted by Gasteiger charge is -2.30. The van der Waals surface area contributed by atoms with Gasteiger partial charge in [-0.15, -0.1) is 0 Å². The minimum atomic E-state index is -4.33. The summed E-state index contributed by atoms with van der Waals surface area (Å²) in [6.07, 6.45) is 1.37. The summed E-state index contributed by atoms with van der Waals surface area (Å²) in [5.41, 5.74) is -0.464. The van der Waals surface area contributed by atoms with Gasteiger partial charge in [0.15, 0.2) is 0 Å². The molecule has 1 aliphatic carbocycles. The predicted molar refractivity (Wildman–Crippen MR) is 106 cm³/mol. The molecule has 2 heterocycles. The molecule has 0 saturated carbocycles. The summed E-state index contributed by atoms with van der Waals surface area (Å²) in [4.78, 5) is 12.8. The van der Waals surface area contributed by atoms with Crippen molar-refractivity contribution in [2.24, 2.45) is 5.41 Å². The molecule has 0 bridgehead atoms. The van der Waals surface area contributed by atoms with E-state index in [0.29, 0.717) is 34.8 Å². The Hall–Kier alpha value is -2.41. The van der Waals surface area contributed by atoms with E-state index in [4.69, 9.17) is 11.6 Å². The van der Waals surface area contributed by atoms with Gasteiger partial charge in [0.2, 0.25) is 5.88 Å². The van der Waals surface area contributed by atoms with E-state index in [1.165, 1.54) is 22.9 Å². The quantitative estimate of drug-likeness (QED) is 0.703. The van der Waals surface area contributed by atoms with E-state index in [1.807, 2.05) is 0 Å². The van der Waals surface area contributed by atoms with Gasteiger partial charge in [-0.05, 0) is 49.5 Å². The van der Waals surface area contributed by atoms with Crippen LogP contribution in [0.1, 0.15) is 31.7 Å². The van der Waals surface area contributed by atoms with Crippen LogP contribution in [0.25, 0.3) is 16.7 Å². The van der Waals surface area contributed by atoms with Crippen LogP contribution in [0.4, 0.5) is 13.2 Å². The van der Waals surface area contributed by atoms with Crippen LogP contribution >= 0.6 is 11.6 Å². The second kappa shape index (κ2) is 6.83. The van der Waals surface area contributed by atoms with Crippen molar-refractivity contribution in [1.82, 2.24) is 9.36 Å². The summed E-state index contributed by atoms with van der Waals surface area (Å²) < 4.78 is 42.7. The maximum atomic E-state index is 13.2. The van der Waals surface area contributed by atoms with Crippen LogP contribution in [0, 0.1) is 5.41 Å². The van der Waals surface area contributed by atoms with Gasteiger partial charge >= 0.3 is 6.18 Å². The minimum Gasteiger partial charge on any atom is -0.493 e. The average Bonchev–Trinajstić information content (AvgIpc) is 2.93. The van der Waals surface area contributed by atoms with Crippen LogP contribution in [0.2, 0.25) is 5.02 Å². The highest BCUT2D eigenvalue weighted by atomic mass is 35.5. The van der Waals surface area contributed by atoms with Crippen LogP contribution in [-0.2, 0) is 13.1 Å². The number of benzene rings is 1. The Balaban J connectivity index is 1.76. The number of hydrogen-bond acceptors (Lipinski definition) is 2. The van der Waals surface area contributed by atoms with Crippen LogP contribution in [0.3, 0.4) is 0 Å². The normalized spacial score (nSPS) is 21.8. The van der Waals surface area contributed by atoms with E-state index in [0.717, 1.165) is 19.8 Å². The van der Waals surface area contributed by atoms with Gasteiger partial charge in [-0.3, -0.25) is 9.48 Å². The van der Waals surface area contributed by atoms with Gasteiger partial charge in [-0.25, -0.2) is 4.68 Å². The lowest BCUT2D eigenvalue weighted by atomic mass is 9.80. The molecular formula is C21H20ClF3N2O2. The van der Waals surface area contributed by atoms with E-state index in [-0.39, 0.29) is 23.4 Å². The van der Waals surface area contributed by atoms with Crippen molar-refractivity contribution in [3.63, 3.8) is 0 Å². The first-order valence-corrected chi connectivity index (χ1v) is 9.79. The topological polar surface area (TPSA) is 47.2 Å². The fourth-order valence-corrected chi connectivity index (χ4v) is 4.05. The Kier molecular flexibility index (Phi) is 4.69. The molecule has 0 spiro atoms. The molecule has 0 radical (unpaired) electrons. The Morgan fingerprint density at radius 1 is 1.17 bits per heavy atom. The number of nitrogens with zero attached hydrogens (tertiary/aromatic N) is 2. The van der Waals surface area contributed by atoms with Crippen molar-refractivity contribution in [2.75, 3.05) is 0 Å². The third kappa shape index (κ3) is 3.21. The maximum absolute atomic E-state index is 13.2. The van der Waals surface area contributed by atoms with Gasteiger partial charge in [0.25, 0.3) is 5.56 Å². The Bertz CT molecular complexity index is 1090. The molecule has 29 heavy (non-hydrogen) atoms. The summed E-state index contributed by atoms with van der Waals surface area (Å²) in [6.45, 7) is 2.23. The number of aromatic hydroxyl groups is 1. The van der Waals surface area contributed by atoms with Crippen LogP contribution in [-0.4, -0.2) is 20.6 Å². The second-order valence-electron chi connectivity index (χ2n) is 7.76. The smallest absolute Gasteiger partial charge is 0.397 e. The first-order chi connectivity index (χ1) is 13.6. The number of rotatable bonds is 2. The van der Waals surface area contributed by atoms with E-state index >= 15 is 0 Å². The highest BCUT2D eigenvalue weighted by Crippen LogP contribution is 2.46. The van der Waals surface area contributed by atoms with Crippen molar-refractivity contribution >= 4 is 17.2 Å². The monoisotopic (exact) mass is 424 g/mol. The fraction of sp³-hybridized carbons (Fsp3) is 0.381. The van der Waals surface area contributed by atoms with Crippen LogP contribution < -0.4 is 5.56 Å². The van der Waals surface area contributed by atoms with Gasteiger partial charge in [-0.1, -0.05) is 35.9 Å². The minimum absolute atomic E-state index is 0.124. The van der Waals surface area contributed by atoms with E-state index in [1.54, 1.807) is 22.9 Å². The van der Waals surface area contributed by atoms with Crippen molar-refractivity contribution in [3.05, 3.63) is 57.4 Å². The van der Waals surface area contributed by atoms with Crippen molar-refractivity contribution < 1.29 is 18.3 Å². The highest BCUT2D eigenvalue weighted by molar-refractivity contribution is 6.33. The van der Waals surface area contributed by atoms with Crippen LogP contribution in [0.15, 0.2) is 41.2 Å². The van der Waals surface area contributed by atoms with Crippen molar-refractivity contribution in [2.45, 2.75) is 45.5 Å². The maximum Gasteiger partial charge on any atom is 0.397 e. The molecule has 1 N–H and O–H groups in total. The molecule has 1 unspecified atom stereocenters. The van der Waals surface area contributed by atoms with Gasteiger partial charge in [0.1, 0.15) is 5.56 Å². The Labute approximate surface area is 170 Å². The molecule has 4 rings (SSSR count). The Morgan fingerprint density at radius 3 is 2.45 bits per heavy atom. The van der Waals surface area contributed by atoms with Gasteiger partial charge in [0.05, 0.1) is 5.41 Å². The number of fused-ring (bicyclic) bond motifs is 1. The summed E-state index contributed by atoms with van der Waals surface area (Å²) in [5, 5.41) is 10.9. The number of allylic oxidation sites excluding steroid dienone is 4. The molecule has 1 aromatic heterocycles. The molecule has 1 aliphatic heterocycles. The lowest BCUT2D eigenvalue weighted by molar-refractivity contribution is -0.199. The van der Waals surface area contributed by atoms with Gasteiger partial charge < -0.3 is 5.11 Å². The van der Waals surface area contributed by atoms with E-state index in [9.17, 15) is 23.1 Å². The summed E-state index contributed by atoms with van der Waals surface area (Å²) in [6, 6.07) is 4.94. The second-order valence-corrected chi connectivity index (χ2v) is 8.17. The molecule has 154 valence electrons. The van der Waals surface area contributed by atoms with E-state index < -0.39 is 11.6 Å². The molecule has 4 nitrogen and oxygen atoms in total. The van der Waals surface area contributed by atoms with Gasteiger partial charge in [0, 0.05) is 23.7 Å². The molecule has 2 aromatic rings. The number of hydrogen-bond donors (Lipinski definition) is 1. The fourth-order valence-electron chi connectivity index (χ4n) is 3.84. The molecule has 0 fully saturated rings. The molecule has 0 amide bonds. The zero-order chi connectivity index (χ0) is 21.0. The largest absolute Gasteiger partial charge is 0.493 e. The highest BCUT2D eigenvalue weighted by Gasteiger charge is 2.49. The van der Waals surface area contributed by atoms with Crippen molar-refractivity contribution in [3.8, 4) is 17.0 Å². The number of aromatic nitrogens is 2. The third-order valence-corrected chi connectivity index (χ3v) is 6.12. The molecule has 2 aliphatic rings. The standard InChI is InChI=1S/C21H20ClF3N2O2/c1-20(21(23,24)25)8-6-13(7-9-20)14-4-5-16(22)15(12-14)17-18(28)26-10-2-3-11-27(26)19(17)29/h4-8,12,28H,2-3,9-11H2,1H3. The zero-order valence-electron chi connectivity index (χ0n) is 15.8. The first-order valence-electron chi connectivity index (χ1n) is 9.41. The van der Waals surface area contributed by atoms with Crippen molar-refractivity contribution in [1.29, 1.82) is 0 Å². The van der Waals surface area contributed by atoms with E-state index in [2.05, 4.69) is 0 Å². The molecule has 0 saturated heterocycles. The van der Waals surface area contributed by atoms with Gasteiger partial charge in [-0.2, -0.15) is 13.2 Å². The first kappa shape index (κ1) is 19.9. The number of alkyl halides is 3. The molecule has 8 heteroatoms. The molecule has 1 aromatic carbocycles. The van der Waals surface area contributed by atoms with Crippen LogP contribution in [0.5, 0.6) is 5.88 Å². The molecule has 1 atom stereocenters. The lowest BCUT2D eigenvalue weighted by Crippen LogP contribution is -2.33.